The minimum atomic E-state index is -0.552. The summed E-state index contributed by atoms with van der Waals surface area (Å²) in [7, 11) is 1.55. The summed E-state index contributed by atoms with van der Waals surface area (Å²) in [6.07, 6.45) is 1.41. The van der Waals surface area contributed by atoms with Gasteiger partial charge in [-0.2, -0.15) is 5.26 Å². The van der Waals surface area contributed by atoms with Gasteiger partial charge >= 0.3 is 0 Å². The molecule has 31 heavy (non-hydrogen) atoms. The van der Waals surface area contributed by atoms with Crippen molar-refractivity contribution in [1.29, 1.82) is 5.26 Å². The average Bonchev–Trinajstić information content (AvgIpc) is 2.78. The lowest BCUT2D eigenvalue weighted by molar-refractivity contribution is -0.112. The number of nitrogens with zero attached hydrogens (tertiary/aromatic N) is 1. The van der Waals surface area contributed by atoms with Crippen molar-refractivity contribution in [1.82, 2.24) is 0 Å². The van der Waals surface area contributed by atoms with Crippen LogP contribution < -0.4 is 14.8 Å². The lowest BCUT2D eigenvalue weighted by atomic mass is 10.1. The number of rotatable bonds is 7. The molecule has 0 heterocycles. The summed E-state index contributed by atoms with van der Waals surface area (Å²) < 4.78 is 10.8. The van der Waals surface area contributed by atoms with E-state index < -0.39 is 5.91 Å². The number of halogens is 2. The molecule has 0 aliphatic rings. The SMILES string of the molecule is COc1ccc(NC(=O)/C(C#N)=C\c2cc(Cl)c(OCc3ccccc3)c(Cl)c2)cc1. The van der Waals surface area contributed by atoms with E-state index in [1.54, 1.807) is 43.5 Å². The third-order valence-corrected chi connectivity index (χ3v) is 4.83. The second kappa shape index (κ2) is 10.5. The molecular weight excluding hydrogens is 435 g/mol. The van der Waals surface area contributed by atoms with Crippen LogP contribution in [-0.4, -0.2) is 13.0 Å². The molecule has 3 aromatic carbocycles. The fourth-order valence-electron chi connectivity index (χ4n) is 2.72. The van der Waals surface area contributed by atoms with Crippen molar-refractivity contribution in [3.05, 3.63) is 93.5 Å². The Morgan fingerprint density at radius 3 is 2.29 bits per heavy atom. The van der Waals surface area contributed by atoms with Gasteiger partial charge in [0.15, 0.2) is 5.75 Å². The van der Waals surface area contributed by atoms with E-state index in [1.165, 1.54) is 6.08 Å². The first-order valence-electron chi connectivity index (χ1n) is 9.23. The summed E-state index contributed by atoms with van der Waals surface area (Å²) in [5, 5.41) is 12.7. The molecule has 1 N–H and O–H groups in total. The predicted octanol–water partition coefficient (Wildman–Crippen LogP) is 6.13. The van der Waals surface area contributed by atoms with Crippen LogP contribution in [0.25, 0.3) is 6.08 Å². The maximum Gasteiger partial charge on any atom is 0.266 e. The molecule has 3 aromatic rings. The number of hydrogen-bond acceptors (Lipinski definition) is 4. The van der Waals surface area contributed by atoms with Crippen LogP contribution in [0.4, 0.5) is 5.69 Å². The molecule has 156 valence electrons. The maximum absolute atomic E-state index is 12.5. The van der Waals surface area contributed by atoms with Crippen molar-refractivity contribution in [2.24, 2.45) is 0 Å². The number of methoxy groups -OCH3 is 1. The third-order valence-electron chi connectivity index (χ3n) is 4.27. The van der Waals surface area contributed by atoms with Crippen molar-refractivity contribution in [2.45, 2.75) is 6.61 Å². The third kappa shape index (κ3) is 6.02. The summed E-state index contributed by atoms with van der Waals surface area (Å²) in [5.74, 6) is 0.447. The molecule has 0 radical (unpaired) electrons. The molecule has 0 saturated heterocycles. The molecule has 0 aliphatic carbocycles. The molecular formula is C24H18Cl2N2O3. The van der Waals surface area contributed by atoms with Crippen LogP contribution in [0.15, 0.2) is 72.3 Å². The molecule has 0 aliphatic heterocycles. The summed E-state index contributed by atoms with van der Waals surface area (Å²) in [4.78, 5) is 12.5. The van der Waals surface area contributed by atoms with E-state index in [9.17, 15) is 10.1 Å². The lowest BCUT2D eigenvalue weighted by Crippen LogP contribution is -2.13. The number of nitriles is 1. The molecule has 0 atom stereocenters. The van der Waals surface area contributed by atoms with Crippen LogP contribution in [-0.2, 0) is 11.4 Å². The van der Waals surface area contributed by atoms with E-state index in [2.05, 4.69) is 5.32 Å². The fraction of sp³-hybridized carbons (Fsp3) is 0.0833. The number of amides is 1. The fourth-order valence-corrected chi connectivity index (χ4v) is 3.33. The largest absolute Gasteiger partial charge is 0.497 e. The van der Waals surface area contributed by atoms with E-state index in [0.717, 1.165) is 5.56 Å². The summed E-state index contributed by atoms with van der Waals surface area (Å²) in [5.41, 5.74) is 1.91. The van der Waals surface area contributed by atoms with E-state index >= 15 is 0 Å². The molecule has 0 aromatic heterocycles. The Hall–Kier alpha value is -3.46. The Balaban J connectivity index is 1.75. The van der Waals surface area contributed by atoms with Gasteiger partial charge < -0.3 is 14.8 Å². The van der Waals surface area contributed by atoms with Crippen LogP contribution in [0.1, 0.15) is 11.1 Å². The Morgan fingerprint density at radius 1 is 1.06 bits per heavy atom. The second-order valence-corrected chi connectivity index (χ2v) is 7.25. The van der Waals surface area contributed by atoms with Gasteiger partial charge in [-0.3, -0.25) is 4.79 Å². The number of carbonyl (C=O) groups excluding carboxylic acids is 1. The first-order valence-corrected chi connectivity index (χ1v) is 9.98. The van der Waals surface area contributed by atoms with Crippen LogP contribution in [0, 0.1) is 11.3 Å². The molecule has 1 amide bonds. The van der Waals surface area contributed by atoms with Gasteiger partial charge in [0.2, 0.25) is 0 Å². The van der Waals surface area contributed by atoms with Crippen LogP contribution in [0.3, 0.4) is 0 Å². The standard InChI is InChI=1S/C24H18Cl2N2O3/c1-30-20-9-7-19(8-10-20)28-24(29)18(14-27)11-17-12-21(25)23(22(26)13-17)31-15-16-5-3-2-4-6-16/h2-13H,15H2,1H3,(H,28,29)/b18-11-. The van der Waals surface area contributed by atoms with Gasteiger partial charge in [0.1, 0.15) is 24.0 Å². The molecule has 7 heteroatoms. The van der Waals surface area contributed by atoms with Crippen molar-refractivity contribution >= 4 is 40.9 Å². The summed E-state index contributed by atoms with van der Waals surface area (Å²) >= 11 is 12.7. The van der Waals surface area contributed by atoms with E-state index in [-0.39, 0.29) is 15.6 Å². The monoisotopic (exact) mass is 452 g/mol. The molecule has 0 spiro atoms. The minimum absolute atomic E-state index is 0.0964. The van der Waals surface area contributed by atoms with Crippen LogP contribution >= 0.6 is 23.2 Å². The zero-order valence-corrected chi connectivity index (χ0v) is 18.1. The van der Waals surface area contributed by atoms with E-state index in [4.69, 9.17) is 32.7 Å². The second-order valence-electron chi connectivity index (χ2n) is 6.44. The van der Waals surface area contributed by atoms with Gasteiger partial charge in [0.05, 0.1) is 17.2 Å². The highest BCUT2D eigenvalue weighted by Crippen LogP contribution is 2.35. The number of anilines is 1. The first-order chi connectivity index (χ1) is 15.0. The van der Waals surface area contributed by atoms with Crippen molar-refractivity contribution < 1.29 is 14.3 Å². The number of benzene rings is 3. The van der Waals surface area contributed by atoms with E-state index in [1.807, 2.05) is 36.4 Å². The number of nitrogens with one attached hydrogen (secondary N) is 1. The van der Waals surface area contributed by atoms with Gasteiger partial charge in [0.25, 0.3) is 5.91 Å². The van der Waals surface area contributed by atoms with Gasteiger partial charge in [0, 0.05) is 5.69 Å². The zero-order valence-electron chi connectivity index (χ0n) is 16.6. The first kappa shape index (κ1) is 22.2. The Labute approximate surface area is 190 Å². The Morgan fingerprint density at radius 2 is 1.71 bits per heavy atom. The highest BCUT2D eigenvalue weighted by atomic mass is 35.5. The Bertz CT molecular complexity index is 1110. The quantitative estimate of drug-likeness (QED) is 0.345. The van der Waals surface area contributed by atoms with Gasteiger partial charge in [-0.05, 0) is 53.6 Å². The maximum atomic E-state index is 12.5. The Kier molecular flexibility index (Phi) is 7.55. The summed E-state index contributed by atoms with van der Waals surface area (Å²) in [6, 6.07) is 21.5. The lowest BCUT2D eigenvalue weighted by Gasteiger charge is -2.11. The highest BCUT2D eigenvalue weighted by Gasteiger charge is 2.13. The molecule has 0 unspecified atom stereocenters. The van der Waals surface area contributed by atoms with Gasteiger partial charge in [-0.25, -0.2) is 0 Å². The number of ether oxygens (including phenoxy) is 2. The minimum Gasteiger partial charge on any atom is -0.497 e. The molecule has 5 nitrogen and oxygen atoms in total. The normalized spacial score (nSPS) is 10.8. The summed E-state index contributed by atoms with van der Waals surface area (Å²) in [6.45, 7) is 0.309. The number of hydrogen-bond donors (Lipinski definition) is 1. The highest BCUT2D eigenvalue weighted by molar-refractivity contribution is 6.37. The van der Waals surface area contributed by atoms with E-state index in [0.29, 0.717) is 29.4 Å². The zero-order chi connectivity index (χ0) is 22.2. The van der Waals surface area contributed by atoms with Crippen molar-refractivity contribution in [2.75, 3.05) is 12.4 Å². The molecule has 3 rings (SSSR count). The van der Waals surface area contributed by atoms with Gasteiger partial charge in [-0.1, -0.05) is 53.5 Å². The average molecular weight is 453 g/mol. The predicted molar refractivity (Wildman–Crippen MR) is 122 cm³/mol. The van der Waals surface area contributed by atoms with Gasteiger partial charge in [-0.15, -0.1) is 0 Å². The topological polar surface area (TPSA) is 71.3 Å². The molecule has 0 bridgehead atoms. The van der Waals surface area contributed by atoms with Crippen LogP contribution in [0.2, 0.25) is 10.0 Å². The molecule has 0 fully saturated rings. The smallest absolute Gasteiger partial charge is 0.266 e. The van der Waals surface area contributed by atoms with Crippen LogP contribution in [0.5, 0.6) is 11.5 Å². The van der Waals surface area contributed by atoms with Crippen molar-refractivity contribution in [3.63, 3.8) is 0 Å². The van der Waals surface area contributed by atoms with Crippen molar-refractivity contribution in [3.8, 4) is 17.6 Å². The number of carbonyl (C=O) groups is 1. The molecule has 0 saturated carbocycles.